The van der Waals surface area contributed by atoms with E-state index in [0.717, 1.165) is 18.2 Å². The minimum absolute atomic E-state index is 0.102. The van der Waals surface area contributed by atoms with Gasteiger partial charge >= 0.3 is 6.18 Å². The molecule has 0 unspecified atom stereocenters. The normalized spacial score (nSPS) is 12.0. The molecule has 10 heteroatoms. The van der Waals surface area contributed by atoms with Crippen molar-refractivity contribution in [1.82, 2.24) is 15.0 Å². The lowest BCUT2D eigenvalue weighted by atomic mass is 10.2. The molecule has 0 radical (unpaired) electrons. The van der Waals surface area contributed by atoms with Gasteiger partial charge in [0.25, 0.3) is 0 Å². The molecule has 0 aliphatic rings. The first-order valence-corrected chi connectivity index (χ1v) is 8.50. The van der Waals surface area contributed by atoms with Crippen LogP contribution in [-0.2, 0) is 27.5 Å². The van der Waals surface area contributed by atoms with Gasteiger partial charge in [0.2, 0.25) is 15.9 Å². The van der Waals surface area contributed by atoms with E-state index in [0.29, 0.717) is 11.8 Å². The van der Waals surface area contributed by atoms with Crippen LogP contribution in [0.15, 0.2) is 53.6 Å². The van der Waals surface area contributed by atoms with Crippen LogP contribution in [0.2, 0.25) is 0 Å². The molecule has 0 atom stereocenters. The number of nitrogens with one attached hydrogen (secondary N) is 2. The molecule has 2 rings (SSSR count). The molecule has 0 aliphatic carbocycles. The summed E-state index contributed by atoms with van der Waals surface area (Å²) in [5, 5.41) is 2.45. The van der Waals surface area contributed by atoms with Crippen molar-refractivity contribution in [3.63, 3.8) is 0 Å². The van der Waals surface area contributed by atoms with Crippen LogP contribution in [0, 0.1) is 0 Å². The molecule has 0 spiro atoms. The second-order valence-electron chi connectivity index (χ2n) is 4.95. The molecule has 1 aromatic carbocycles. The Labute approximate surface area is 142 Å². The van der Waals surface area contributed by atoms with Crippen LogP contribution in [-0.4, -0.2) is 25.9 Å². The van der Waals surface area contributed by atoms with Gasteiger partial charge in [0, 0.05) is 6.20 Å². The fourth-order valence-electron chi connectivity index (χ4n) is 1.84. The van der Waals surface area contributed by atoms with Crippen LogP contribution in [0.25, 0.3) is 0 Å². The van der Waals surface area contributed by atoms with Crippen LogP contribution >= 0.6 is 0 Å². The number of halogens is 3. The number of rotatable bonds is 6. The number of carbonyl (C=O) groups excluding carboxylic acids is 1. The van der Waals surface area contributed by atoms with Crippen LogP contribution in [0.5, 0.6) is 0 Å². The predicted molar refractivity (Wildman–Crippen MR) is 82.7 cm³/mol. The summed E-state index contributed by atoms with van der Waals surface area (Å²) in [5.41, 5.74) is -0.508. The van der Waals surface area contributed by atoms with Crippen molar-refractivity contribution in [1.29, 1.82) is 0 Å². The number of hydrogen-bond acceptors (Lipinski definition) is 4. The van der Waals surface area contributed by atoms with Crippen molar-refractivity contribution >= 4 is 15.9 Å². The highest BCUT2D eigenvalue weighted by Gasteiger charge is 2.31. The number of alkyl halides is 3. The van der Waals surface area contributed by atoms with Gasteiger partial charge in [0.1, 0.15) is 0 Å². The Morgan fingerprint density at radius 2 is 1.88 bits per heavy atom. The van der Waals surface area contributed by atoms with E-state index < -0.39 is 39.1 Å². The maximum atomic E-state index is 12.6. The fourth-order valence-corrected chi connectivity index (χ4v) is 2.87. The van der Waals surface area contributed by atoms with Gasteiger partial charge in [-0.25, -0.2) is 13.1 Å². The molecule has 0 aliphatic heterocycles. The second kappa shape index (κ2) is 7.62. The van der Waals surface area contributed by atoms with Gasteiger partial charge in [-0.15, -0.1) is 0 Å². The van der Waals surface area contributed by atoms with E-state index in [9.17, 15) is 26.4 Å². The topological polar surface area (TPSA) is 88.2 Å². The quantitative estimate of drug-likeness (QED) is 0.807. The van der Waals surface area contributed by atoms with Crippen molar-refractivity contribution in [3.8, 4) is 0 Å². The molecule has 1 amide bonds. The van der Waals surface area contributed by atoms with Crippen LogP contribution < -0.4 is 10.0 Å². The Morgan fingerprint density at radius 3 is 2.52 bits per heavy atom. The van der Waals surface area contributed by atoms with Gasteiger partial charge in [-0.2, -0.15) is 13.2 Å². The summed E-state index contributed by atoms with van der Waals surface area (Å²) in [4.78, 5) is 15.1. The van der Waals surface area contributed by atoms with Gasteiger partial charge < -0.3 is 5.32 Å². The highest BCUT2D eigenvalue weighted by Crippen LogP contribution is 2.30. The molecule has 0 fully saturated rings. The number of aromatic nitrogens is 1. The number of nitrogens with zero attached hydrogens (tertiary/aromatic N) is 1. The third-order valence-electron chi connectivity index (χ3n) is 3.09. The molecule has 0 saturated carbocycles. The second-order valence-corrected chi connectivity index (χ2v) is 6.71. The lowest BCUT2D eigenvalue weighted by molar-refractivity contribution is -0.137. The number of sulfonamides is 1. The molecule has 0 saturated heterocycles. The summed E-state index contributed by atoms with van der Waals surface area (Å²) < 4.78 is 63.9. The minimum atomic E-state index is -4.66. The Morgan fingerprint density at radius 1 is 1.12 bits per heavy atom. The van der Waals surface area contributed by atoms with Crippen molar-refractivity contribution in [2.75, 3.05) is 6.54 Å². The number of pyridine rings is 1. The van der Waals surface area contributed by atoms with Gasteiger partial charge in [0.05, 0.1) is 29.2 Å². The summed E-state index contributed by atoms with van der Waals surface area (Å²) in [7, 11) is -4.25. The average molecular weight is 373 g/mol. The van der Waals surface area contributed by atoms with E-state index in [1.54, 1.807) is 18.2 Å². The van der Waals surface area contributed by atoms with Gasteiger partial charge in [-0.3, -0.25) is 9.78 Å². The maximum Gasteiger partial charge on any atom is 0.416 e. The summed E-state index contributed by atoms with van der Waals surface area (Å²) in [5.74, 6) is -0.638. The van der Waals surface area contributed by atoms with Crippen molar-refractivity contribution in [3.05, 3.63) is 59.9 Å². The maximum absolute atomic E-state index is 12.6. The fraction of sp³-hybridized carbons (Fsp3) is 0.200. The van der Waals surface area contributed by atoms with E-state index in [-0.39, 0.29) is 6.54 Å². The standard InChI is InChI=1S/C15H14F3N3O3S/c16-15(17,18)11-4-3-6-13(8-11)25(23,24)21-10-14(22)20-9-12-5-1-2-7-19-12/h1-8,21H,9-10H2,(H,20,22). The average Bonchev–Trinajstić information content (AvgIpc) is 2.58. The van der Waals surface area contributed by atoms with Gasteiger partial charge in [-0.1, -0.05) is 12.1 Å². The first-order valence-electron chi connectivity index (χ1n) is 7.02. The van der Waals surface area contributed by atoms with Gasteiger partial charge in [0.15, 0.2) is 0 Å². The monoisotopic (exact) mass is 373 g/mol. The van der Waals surface area contributed by atoms with Crippen LogP contribution in [0.1, 0.15) is 11.3 Å². The van der Waals surface area contributed by atoms with E-state index in [1.165, 1.54) is 6.20 Å². The molecule has 2 N–H and O–H groups in total. The van der Waals surface area contributed by atoms with E-state index in [4.69, 9.17) is 0 Å². The molecule has 0 bridgehead atoms. The lowest BCUT2D eigenvalue weighted by Gasteiger charge is -2.10. The number of carbonyl (C=O) groups is 1. The zero-order valence-electron chi connectivity index (χ0n) is 12.7. The minimum Gasteiger partial charge on any atom is -0.349 e. The molecule has 25 heavy (non-hydrogen) atoms. The largest absolute Gasteiger partial charge is 0.416 e. The number of benzene rings is 1. The number of hydrogen-bond donors (Lipinski definition) is 2. The zero-order chi connectivity index (χ0) is 18.5. The molecular formula is C15H14F3N3O3S. The smallest absolute Gasteiger partial charge is 0.349 e. The first kappa shape index (κ1) is 18.9. The zero-order valence-corrected chi connectivity index (χ0v) is 13.6. The summed E-state index contributed by atoms with van der Waals surface area (Å²) in [6, 6.07) is 8.38. The summed E-state index contributed by atoms with van der Waals surface area (Å²) >= 11 is 0. The van der Waals surface area contributed by atoms with E-state index in [2.05, 4.69) is 10.3 Å². The lowest BCUT2D eigenvalue weighted by Crippen LogP contribution is -2.36. The van der Waals surface area contributed by atoms with Crippen molar-refractivity contribution < 1.29 is 26.4 Å². The van der Waals surface area contributed by atoms with Gasteiger partial charge in [-0.05, 0) is 30.3 Å². The van der Waals surface area contributed by atoms with Crippen LogP contribution in [0.4, 0.5) is 13.2 Å². The molecule has 1 aromatic heterocycles. The third-order valence-corrected chi connectivity index (χ3v) is 4.49. The Hall–Kier alpha value is -2.46. The number of amides is 1. The highest BCUT2D eigenvalue weighted by molar-refractivity contribution is 7.89. The molecule has 1 heterocycles. The molecule has 2 aromatic rings. The van der Waals surface area contributed by atoms with E-state index in [1.807, 2.05) is 4.72 Å². The third kappa shape index (κ3) is 5.54. The summed E-state index contributed by atoms with van der Waals surface area (Å²) in [6.07, 6.45) is -3.12. The van der Waals surface area contributed by atoms with E-state index >= 15 is 0 Å². The Balaban J connectivity index is 1.96. The summed E-state index contributed by atoms with van der Waals surface area (Å²) in [6.45, 7) is -0.504. The SMILES string of the molecule is O=C(CNS(=O)(=O)c1cccc(C(F)(F)F)c1)NCc1ccccn1. The van der Waals surface area contributed by atoms with Crippen LogP contribution in [0.3, 0.4) is 0 Å². The Bertz CT molecular complexity index is 840. The highest BCUT2D eigenvalue weighted by atomic mass is 32.2. The first-order chi connectivity index (χ1) is 11.7. The molecular weight excluding hydrogens is 359 g/mol. The van der Waals surface area contributed by atoms with Crippen molar-refractivity contribution in [2.45, 2.75) is 17.6 Å². The van der Waals surface area contributed by atoms with Crippen molar-refractivity contribution in [2.24, 2.45) is 0 Å². The predicted octanol–water partition coefficient (Wildman–Crippen LogP) is 1.70. The Kier molecular flexibility index (Phi) is 5.75. The molecule has 6 nitrogen and oxygen atoms in total. The molecule has 134 valence electrons.